The van der Waals surface area contributed by atoms with Crippen LogP contribution in [0.5, 0.6) is 23.0 Å². The molecule has 6 rings (SSSR count). The zero-order valence-electron chi connectivity index (χ0n) is 21.2. The van der Waals surface area contributed by atoms with Crippen LogP contribution in [0.2, 0.25) is 0 Å². The molecule has 2 aromatic carbocycles. The van der Waals surface area contributed by atoms with Crippen molar-refractivity contribution in [3.8, 4) is 45.8 Å². The van der Waals surface area contributed by atoms with Crippen molar-refractivity contribution in [1.82, 2.24) is 19.1 Å². The molecule has 4 heterocycles. The van der Waals surface area contributed by atoms with Gasteiger partial charge in [-0.25, -0.2) is 0 Å². The van der Waals surface area contributed by atoms with Gasteiger partial charge in [-0.3, -0.25) is 0 Å². The third-order valence-electron chi connectivity index (χ3n) is 5.44. The normalized spacial score (nSPS) is 10.3. The topological polar surface area (TPSA) is 61.9 Å². The summed E-state index contributed by atoms with van der Waals surface area (Å²) >= 11 is 0. The van der Waals surface area contributed by atoms with E-state index in [9.17, 15) is 0 Å². The van der Waals surface area contributed by atoms with Gasteiger partial charge in [-0.1, -0.05) is 11.4 Å². The van der Waals surface area contributed by atoms with Gasteiger partial charge in [0.2, 0.25) is 12.7 Å². The van der Waals surface area contributed by atoms with Crippen molar-refractivity contribution in [3.05, 3.63) is 123 Å². The number of aromatic nitrogens is 6. The van der Waals surface area contributed by atoms with Crippen molar-refractivity contribution in [1.29, 1.82) is 0 Å². The van der Waals surface area contributed by atoms with Gasteiger partial charge in [-0.05, 0) is 12.4 Å². The van der Waals surface area contributed by atoms with E-state index in [2.05, 4.69) is 46.9 Å². The number of nitrogens with zero attached hydrogens (tertiary/aromatic N) is 6. The van der Waals surface area contributed by atoms with E-state index in [1.54, 1.807) is 24.5 Å². The van der Waals surface area contributed by atoms with Crippen LogP contribution >= 0.6 is 0 Å². The van der Waals surface area contributed by atoms with Gasteiger partial charge in [0.25, 0.3) is 0 Å². The van der Waals surface area contributed by atoms with Gasteiger partial charge in [-0.2, -0.15) is 36.4 Å². The van der Waals surface area contributed by atoms with Gasteiger partial charge in [-0.15, -0.1) is 47.8 Å². The summed E-state index contributed by atoms with van der Waals surface area (Å²) in [5.41, 5.74) is 2.56. The van der Waals surface area contributed by atoms with Gasteiger partial charge in [0, 0.05) is 88.6 Å². The Kier molecular flexibility index (Phi) is 9.42. The Morgan fingerprint density at radius 1 is 0.600 bits per heavy atom. The average molecular weight is 709 g/mol. The number of ether oxygens (including phenoxy) is 2. The maximum absolute atomic E-state index is 6.02. The van der Waals surface area contributed by atoms with Crippen molar-refractivity contribution in [2.45, 2.75) is 0 Å². The van der Waals surface area contributed by atoms with E-state index in [4.69, 9.17) is 9.47 Å². The number of imidazole rings is 2. The Balaban J connectivity index is 0.00000185. The molecule has 4 aromatic heterocycles. The molecular formula is C30H20N6O2Pd2-4. The minimum absolute atomic E-state index is 0. The fourth-order valence-corrected chi connectivity index (χ4v) is 3.68. The largest absolute Gasteiger partial charge is 0.511 e. The molecule has 0 saturated carbocycles. The van der Waals surface area contributed by atoms with Crippen LogP contribution in [0.3, 0.4) is 0 Å². The molecule has 0 saturated heterocycles. The van der Waals surface area contributed by atoms with Crippen LogP contribution in [-0.4, -0.2) is 19.1 Å². The molecule has 0 spiro atoms. The Bertz CT molecular complexity index is 1610. The van der Waals surface area contributed by atoms with E-state index in [0.29, 0.717) is 34.4 Å². The summed E-state index contributed by atoms with van der Waals surface area (Å²) in [5, 5.41) is 0. The van der Waals surface area contributed by atoms with Crippen molar-refractivity contribution < 1.29 is 59.5 Å². The number of hydrogen-bond donors (Lipinski definition) is 0. The number of aryl methyl sites for hydroxylation is 2. The standard InChI is InChI=1S/C30H20N6O2.2Pd/c1-33-13-15-35(21-33)23-5-3-7-25(17-23)37-27-9-11-31-29(19-27)30-20-28(10-12-32-30)38-26-8-4-6-24(18-26)36-16-14-34(2)22-36;;/h3-16H,1-2H3;;/q-4;;. The molecule has 0 amide bonds. The third kappa shape index (κ3) is 6.80. The molecular weight excluding hydrogens is 689 g/mol. The zero-order valence-corrected chi connectivity index (χ0v) is 24.3. The monoisotopic (exact) mass is 708 g/mol. The molecule has 10 heteroatoms. The fourth-order valence-electron chi connectivity index (χ4n) is 3.68. The van der Waals surface area contributed by atoms with Crippen molar-refractivity contribution in [3.63, 3.8) is 0 Å². The van der Waals surface area contributed by atoms with Crippen LogP contribution in [0, 0.1) is 36.9 Å². The summed E-state index contributed by atoms with van der Waals surface area (Å²) < 4.78 is 19.4. The summed E-state index contributed by atoms with van der Waals surface area (Å²) in [6.45, 7) is 0. The van der Waals surface area contributed by atoms with E-state index in [-0.39, 0.29) is 40.8 Å². The minimum atomic E-state index is 0. The molecule has 0 bridgehead atoms. The number of rotatable bonds is 7. The maximum Gasteiger partial charge on any atom is 0.241 e. The molecule has 0 atom stereocenters. The molecule has 0 N–H and O–H groups in total. The molecule has 206 valence electrons. The predicted octanol–water partition coefficient (Wildman–Crippen LogP) is 3.75. The Morgan fingerprint density at radius 2 is 1.02 bits per heavy atom. The van der Waals surface area contributed by atoms with Gasteiger partial charge in [0.1, 0.15) is 0 Å². The first-order valence-electron chi connectivity index (χ1n) is 11.7. The molecule has 8 nitrogen and oxygen atoms in total. The average Bonchev–Trinajstić information content (AvgIpc) is 3.58. The van der Waals surface area contributed by atoms with E-state index in [0.717, 1.165) is 11.4 Å². The molecule has 0 unspecified atom stereocenters. The molecule has 0 aliphatic rings. The second-order valence-corrected chi connectivity index (χ2v) is 8.33. The quantitative estimate of drug-likeness (QED) is 0.144. The van der Waals surface area contributed by atoms with E-state index < -0.39 is 0 Å². The number of pyridine rings is 2. The Hall–Kier alpha value is -3.92. The van der Waals surface area contributed by atoms with E-state index in [1.807, 2.05) is 93.5 Å². The first-order valence-corrected chi connectivity index (χ1v) is 11.7. The fraction of sp³-hybridized carbons (Fsp3) is 0.0667. The van der Waals surface area contributed by atoms with Crippen LogP contribution in [0.4, 0.5) is 0 Å². The SMILES string of the molecule is Cn1[c-][n+](-c2[c-]c(Oc3[c-]c(-c4[c-]c(Oc5[c-]c(-[n+]6[c-]n(C)cc6)ccc5)ccn4)ncc3)ccc2)cc1.[Pd].[Pd]. The molecule has 0 radical (unpaired) electrons. The summed E-state index contributed by atoms with van der Waals surface area (Å²) in [6, 6.07) is 27.6. The summed E-state index contributed by atoms with van der Waals surface area (Å²) in [7, 11) is 3.82. The van der Waals surface area contributed by atoms with Gasteiger partial charge in [0.05, 0.1) is 14.1 Å². The van der Waals surface area contributed by atoms with Gasteiger partial charge in [0.15, 0.2) is 0 Å². The van der Waals surface area contributed by atoms with Crippen LogP contribution in [-0.2, 0) is 54.9 Å². The predicted molar refractivity (Wildman–Crippen MR) is 135 cm³/mol. The number of benzene rings is 2. The Morgan fingerprint density at radius 3 is 1.43 bits per heavy atom. The second kappa shape index (κ2) is 13.0. The zero-order chi connectivity index (χ0) is 25.9. The van der Waals surface area contributed by atoms with E-state index in [1.165, 1.54) is 0 Å². The first kappa shape index (κ1) is 29.1. The van der Waals surface area contributed by atoms with Crippen LogP contribution in [0.1, 0.15) is 0 Å². The smallest absolute Gasteiger partial charge is 0.241 e. The summed E-state index contributed by atoms with van der Waals surface area (Å²) in [5.74, 6) is 2.03. The molecule has 6 aromatic rings. The molecule has 0 aliphatic carbocycles. The summed E-state index contributed by atoms with van der Waals surface area (Å²) in [6.07, 6.45) is 17.2. The number of hydrogen-bond acceptors (Lipinski definition) is 4. The van der Waals surface area contributed by atoms with Crippen LogP contribution in [0.25, 0.3) is 22.8 Å². The third-order valence-corrected chi connectivity index (χ3v) is 5.44. The Labute approximate surface area is 259 Å². The van der Waals surface area contributed by atoms with Gasteiger partial charge >= 0.3 is 0 Å². The molecule has 0 fully saturated rings. The van der Waals surface area contributed by atoms with E-state index >= 15 is 0 Å². The summed E-state index contributed by atoms with van der Waals surface area (Å²) in [4.78, 5) is 8.80. The van der Waals surface area contributed by atoms with Crippen molar-refractivity contribution in [2.75, 3.05) is 0 Å². The first-order chi connectivity index (χ1) is 18.6. The van der Waals surface area contributed by atoms with Crippen LogP contribution < -0.4 is 18.6 Å². The van der Waals surface area contributed by atoms with Gasteiger partial charge < -0.3 is 37.7 Å². The van der Waals surface area contributed by atoms with Crippen molar-refractivity contribution >= 4 is 0 Å². The second-order valence-electron chi connectivity index (χ2n) is 8.33. The maximum atomic E-state index is 6.02. The molecule has 40 heavy (non-hydrogen) atoms. The molecule has 0 aliphatic heterocycles. The minimum Gasteiger partial charge on any atom is -0.511 e. The van der Waals surface area contributed by atoms with Crippen LogP contribution in [0.15, 0.2) is 85.7 Å². The van der Waals surface area contributed by atoms with Crippen molar-refractivity contribution in [2.24, 2.45) is 14.1 Å².